The van der Waals surface area contributed by atoms with E-state index in [1.165, 1.54) is 24.3 Å². The van der Waals surface area contributed by atoms with Gasteiger partial charge in [-0.05, 0) is 55.5 Å². The van der Waals surface area contributed by atoms with Crippen molar-refractivity contribution in [2.45, 2.75) is 30.8 Å². The van der Waals surface area contributed by atoms with Crippen LogP contribution in [0.1, 0.15) is 35.2 Å². The number of ether oxygens (including phenoxy) is 1. The Hall–Kier alpha value is -3.18. The number of rotatable bonds is 6. The molecule has 0 heterocycles. The van der Waals surface area contributed by atoms with Crippen molar-refractivity contribution in [1.82, 2.24) is 10.6 Å². The lowest BCUT2D eigenvalue weighted by atomic mass is 9.76. The summed E-state index contributed by atoms with van der Waals surface area (Å²) in [5.41, 5.74) is -0.416. The van der Waals surface area contributed by atoms with Crippen LogP contribution in [0.15, 0.2) is 36.4 Å². The van der Waals surface area contributed by atoms with Crippen molar-refractivity contribution in [3.05, 3.63) is 64.2 Å². The molecule has 9 heteroatoms. The van der Waals surface area contributed by atoms with Crippen LogP contribution < -0.4 is 15.4 Å². The maximum atomic E-state index is 13.8. The fourth-order valence-electron chi connectivity index (χ4n) is 4.33. The summed E-state index contributed by atoms with van der Waals surface area (Å²) >= 11 is 5.62. The molecule has 31 heavy (non-hydrogen) atoms. The normalized spacial score (nSPS) is 23.4. The maximum Gasteiger partial charge on any atom is 0.258 e. The SMILES string of the molecule is N#Cc1ccc(C(=O)NC23CC(C2)C(NC(=O)COc2ccc(Cl)c(F)c2)C3)cc1F. The molecule has 2 N–H and O–H groups in total. The fourth-order valence-corrected chi connectivity index (χ4v) is 4.45. The molecule has 3 aliphatic carbocycles. The molecule has 5 rings (SSSR count). The molecule has 6 nitrogen and oxygen atoms in total. The first-order valence-corrected chi connectivity index (χ1v) is 10.1. The number of hydrogen-bond donors (Lipinski definition) is 2. The van der Waals surface area contributed by atoms with Gasteiger partial charge in [0.1, 0.15) is 23.5 Å². The summed E-state index contributed by atoms with van der Waals surface area (Å²) in [5, 5.41) is 14.6. The van der Waals surface area contributed by atoms with E-state index >= 15 is 0 Å². The molecule has 3 saturated carbocycles. The van der Waals surface area contributed by atoms with Crippen molar-refractivity contribution < 1.29 is 23.1 Å². The Morgan fingerprint density at radius 3 is 2.61 bits per heavy atom. The first kappa shape index (κ1) is 21.1. The molecule has 0 aromatic heterocycles. The lowest BCUT2D eigenvalue weighted by Gasteiger charge is -2.39. The monoisotopic (exact) mass is 445 g/mol. The topological polar surface area (TPSA) is 91.2 Å². The summed E-state index contributed by atoms with van der Waals surface area (Å²) in [4.78, 5) is 24.7. The molecule has 0 saturated heterocycles. The molecule has 1 unspecified atom stereocenters. The van der Waals surface area contributed by atoms with Crippen molar-refractivity contribution in [3.8, 4) is 11.8 Å². The second kappa shape index (κ2) is 8.16. The standard InChI is InChI=1S/C22H18ClF2N3O3/c23-16-4-3-15(6-18(16)25)31-11-20(29)27-19-9-22(7-14(19)8-22)28-21(30)12-1-2-13(10-26)17(24)5-12/h1-6,14,19H,7-9,11H2,(H,27,29)(H,28,30). The number of carbonyl (C=O) groups is 2. The van der Waals surface area contributed by atoms with Gasteiger partial charge in [-0.15, -0.1) is 0 Å². The Labute approximate surface area is 182 Å². The molecule has 0 spiro atoms. The highest BCUT2D eigenvalue weighted by Crippen LogP contribution is 2.52. The number of hydrogen-bond acceptors (Lipinski definition) is 4. The van der Waals surface area contributed by atoms with Gasteiger partial charge in [-0.3, -0.25) is 9.59 Å². The van der Waals surface area contributed by atoms with Crippen LogP contribution >= 0.6 is 11.6 Å². The summed E-state index contributed by atoms with van der Waals surface area (Å²) in [5.74, 6) is -1.70. The summed E-state index contributed by atoms with van der Waals surface area (Å²) in [7, 11) is 0. The van der Waals surface area contributed by atoms with Gasteiger partial charge < -0.3 is 15.4 Å². The van der Waals surface area contributed by atoms with Crippen LogP contribution in [0.4, 0.5) is 8.78 Å². The molecule has 2 aromatic rings. The van der Waals surface area contributed by atoms with Gasteiger partial charge in [0.05, 0.1) is 10.6 Å². The number of fused-ring (bicyclic) bond motifs is 1. The Morgan fingerprint density at radius 2 is 1.94 bits per heavy atom. The van der Waals surface area contributed by atoms with E-state index in [2.05, 4.69) is 10.6 Å². The van der Waals surface area contributed by atoms with Crippen LogP contribution in [0.3, 0.4) is 0 Å². The number of halogens is 3. The molecule has 2 amide bonds. The zero-order valence-corrected chi connectivity index (χ0v) is 17.0. The Kier molecular flexibility index (Phi) is 5.54. The van der Waals surface area contributed by atoms with Gasteiger partial charge in [0.2, 0.25) is 0 Å². The smallest absolute Gasteiger partial charge is 0.258 e. The first-order chi connectivity index (χ1) is 14.8. The Balaban J connectivity index is 1.29. The third kappa shape index (κ3) is 4.32. The minimum Gasteiger partial charge on any atom is -0.484 e. The second-order valence-corrected chi connectivity index (χ2v) is 8.36. The number of carbonyl (C=O) groups excluding carboxylic acids is 2. The highest BCUT2D eigenvalue weighted by atomic mass is 35.5. The minimum atomic E-state index is -0.740. The van der Waals surface area contributed by atoms with Crippen LogP contribution in [0, 0.1) is 28.9 Å². The van der Waals surface area contributed by atoms with Crippen LogP contribution in [-0.2, 0) is 4.79 Å². The lowest BCUT2D eigenvalue weighted by molar-refractivity contribution is -0.124. The quantitative estimate of drug-likeness (QED) is 0.713. The van der Waals surface area contributed by atoms with Gasteiger partial charge in [0.25, 0.3) is 11.8 Å². The van der Waals surface area contributed by atoms with E-state index in [1.807, 2.05) is 0 Å². The highest BCUT2D eigenvalue weighted by Gasteiger charge is 2.57. The maximum absolute atomic E-state index is 13.8. The zero-order chi connectivity index (χ0) is 22.2. The molecule has 3 fully saturated rings. The molecule has 3 aliphatic rings. The first-order valence-electron chi connectivity index (χ1n) is 9.68. The van der Waals surface area contributed by atoms with Gasteiger partial charge in [-0.25, -0.2) is 8.78 Å². The van der Waals surface area contributed by atoms with E-state index < -0.39 is 23.1 Å². The van der Waals surface area contributed by atoms with E-state index in [0.29, 0.717) is 19.3 Å². The zero-order valence-electron chi connectivity index (χ0n) is 16.3. The molecular weight excluding hydrogens is 428 g/mol. The highest BCUT2D eigenvalue weighted by molar-refractivity contribution is 6.30. The van der Waals surface area contributed by atoms with Gasteiger partial charge in [-0.1, -0.05) is 11.6 Å². The molecule has 0 radical (unpaired) electrons. The third-order valence-electron chi connectivity index (χ3n) is 5.82. The van der Waals surface area contributed by atoms with E-state index in [-0.39, 0.29) is 46.4 Å². The number of benzene rings is 2. The molecule has 160 valence electrons. The summed E-state index contributed by atoms with van der Waals surface area (Å²) in [6.07, 6.45) is 1.99. The van der Waals surface area contributed by atoms with Crippen molar-refractivity contribution in [3.63, 3.8) is 0 Å². The molecule has 2 aromatic carbocycles. The van der Waals surface area contributed by atoms with Gasteiger partial charge in [0.15, 0.2) is 6.61 Å². The predicted octanol–water partition coefficient (Wildman–Crippen LogP) is 3.34. The van der Waals surface area contributed by atoms with E-state index in [1.54, 1.807) is 6.07 Å². The number of nitrogens with one attached hydrogen (secondary N) is 2. The minimum absolute atomic E-state index is 0.0291. The predicted molar refractivity (Wildman–Crippen MR) is 107 cm³/mol. The average molecular weight is 446 g/mol. The van der Waals surface area contributed by atoms with Crippen molar-refractivity contribution in [2.24, 2.45) is 5.92 Å². The summed E-state index contributed by atoms with van der Waals surface area (Å²) in [6.45, 7) is -0.270. The second-order valence-electron chi connectivity index (χ2n) is 7.95. The molecule has 1 atom stereocenters. The van der Waals surface area contributed by atoms with Gasteiger partial charge in [0, 0.05) is 23.2 Å². The number of amides is 2. The summed E-state index contributed by atoms with van der Waals surface area (Å²) in [6, 6.07) is 9.27. The van der Waals surface area contributed by atoms with Crippen molar-refractivity contribution >= 4 is 23.4 Å². The molecule has 0 aliphatic heterocycles. The Morgan fingerprint density at radius 1 is 1.16 bits per heavy atom. The van der Waals surface area contributed by atoms with E-state index in [9.17, 15) is 18.4 Å². The van der Waals surface area contributed by atoms with Crippen LogP contribution in [-0.4, -0.2) is 30.0 Å². The number of nitrogens with zero attached hydrogens (tertiary/aromatic N) is 1. The van der Waals surface area contributed by atoms with Gasteiger partial charge >= 0.3 is 0 Å². The average Bonchev–Trinajstić information content (AvgIpc) is 3.22. The lowest BCUT2D eigenvalue weighted by Crippen LogP contribution is -2.51. The van der Waals surface area contributed by atoms with Crippen LogP contribution in [0.25, 0.3) is 0 Å². The van der Waals surface area contributed by atoms with E-state index in [4.69, 9.17) is 21.6 Å². The van der Waals surface area contributed by atoms with Crippen molar-refractivity contribution in [2.75, 3.05) is 6.61 Å². The molecule has 2 bridgehead atoms. The van der Waals surface area contributed by atoms with E-state index in [0.717, 1.165) is 12.1 Å². The van der Waals surface area contributed by atoms with Gasteiger partial charge in [-0.2, -0.15) is 5.26 Å². The summed E-state index contributed by atoms with van der Waals surface area (Å²) < 4.78 is 32.5. The Bertz CT molecular complexity index is 1100. The van der Waals surface area contributed by atoms with Crippen molar-refractivity contribution in [1.29, 1.82) is 5.26 Å². The third-order valence-corrected chi connectivity index (χ3v) is 6.13. The molecular formula is C22H18ClF2N3O3. The van der Waals surface area contributed by atoms with Crippen LogP contribution in [0.2, 0.25) is 5.02 Å². The number of nitriles is 1. The fraction of sp³-hybridized carbons (Fsp3) is 0.318. The van der Waals surface area contributed by atoms with Crippen LogP contribution in [0.5, 0.6) is 5.75 Å². The largest absolute Gasteiger partial charge is 0.484 e.